The Hall–Kier alpha value is -3.52. The topological polar surface area (TPSA) is 85.4 Å². The van der Waals surface area contributed by atoms with Crippen molar-refractivity contribution in [3.05, 3.63) is 47.6 Å². The lowest BCUT2D eigenvalue weighted by Crippen LogP contribution is -2.20. The van der Waals surface area contributed by atoms with Gasteiger partial charge < -0.3 is 19.1 Å². The molecule has 31 heavy (non-hydrogen) atoms. The first-order valence-electron chi connectivity index (χ1n) is 9.64. The van der Waals surface area contributed by atoms with Gasteiger partial charge in [-0.2, -0.15) is 5.10 Å². The fraction of sp³-hybridized carbons (Fsp3) is 0.227. The van der Waals surface area contributed by atoms with Gasteiger partial charge in [0, 0.05) is 24.2 Å². The first kappa shape index (κ1) is 20.7. The summed E-state index contributed by atoms with van der Waals surface area (Å²) in [5.41, 5.74) is 3.55. The summed E-state index contributed by atoms with van der Waals surface area (Å²) >= 11 is 6.62. The molecule has 0 atom stereocenters. The Bertz CT molecular complexity index is 1230. The summed E-state index contributed by atoms with van der Waals surface area (Å²) in [6.07, 6.45) is 1.67. The smallest absolute Gasteiger partial charge is 0.231 e. The number of hydrogen-bond donors (Lipinski definition) is 1. The quantitative estimate of drug-likeness (QED) is 0.440. The Morgan fingerprint density at radius 1 is 1.00 bits per heavy atom. The predicted octanol–water partition coefficient (Wildman–Crippen LogP) is 4.86. The number of nitrogens with one attached hydrogen (secondary N) is 1. The highest BCUT2D eigenvalue weighted by atomic mass is 35.5. The molecule has 8 nitrogen and oxygen atoms in total. The maximum absolute atomic E-state index is 6.62. The van der Waals surface area contributed by atoms with Crippen molar-refractivity contribution in [1.82, 2.24) is 20.2 Å². The molecule has 0 radical (unpaired) electrons. The maximum Gasteiger partial charge on any atom is 0.231 e. The number of rotatable bonds is 7. The van der Waals surface area contributed by atoms with E-state index in [0.29, 0.717) is 51.7 Å². The van der Waals surface area contributed by atoms with Crippen LogP contribution in [0.3, 0.4) is 0 Å². The van der Waals surface area contributed by atoms with E-state index in [4.69, 9.17) is 35.8 Å². The van der Waals surface area contributed by atoms with Crippen molar-refractivity contribution in [1.29, 1.82) is 0 Å². The van der Waals surface area contributed by atoms with Gasteiger partial charge in [0.05, 0.1) is 32.5 Å². The number of aromatic nitrogens is 4. The minimum absolute atomic E-state index is 0.461. The van der Waals surface area contributed by atoms with Crippen LogP contribution in [0, 0.1) is 0 Å². The standard InChI is InChI=1S/C22H22ClN5O3/c1-5-28(21-15(23)10-13(29-2)11-18(21)31-4)22-25-16-12-24-27-20(16)19(26-22)14-8-6-7-9-17(14)30-3/h6-12H,5H2,1-4H3,(H,24,27). The zero-order chi connectivity index (χ0) is 22.0. The average molecular weight is 440 g/mol. The number of methoxy groups -OCH3 is 3. The molecular weight excluding hydrogens is 418 g/mol. The van der Waals surface area contributed by atoms with Crippen molar-refractivity contribution in [2.75, 3.05) is 32.8 Å². The summed E-state index contributed by atoms with van der Waals surface area (Å²) in [5.74, 6) is 2.32. The van der Waals surface area contributed by atoms with Crippen molar-refractivity contribution >= 4 is 34.3 Å². The lowest BCUT2D eigenvalue weighted by molar-refractivity contribution is 0.394. The minimum atomic E-state index is 0.461. The Labute approximate surface area is 184 Å². The molecule has 0 amide bonds. The van der Waals surface area contributed by atoms with Gasteiger partial charge in [-0.3, -0.25) is 5.10 Å². The van der Waals surface area contributed by atoms with E-state index in [0.717, 1.165) is 11.1 Å². The number of halogens is 1. The molecule has 0 saturated heterocycles. The van der Waals surface area contributed by atoms with Crippen LogP contribution in [-0.2, 0) is 0 Å². The van der Waals surface area contributed by atoms with Gasteiger partial charge in [-0.15, -0.1) is 0 Å². The molecule has 4 rings (SSSR count). The summed E-state index contributed by atoms with van der Waals surface area (Å²) in [4.78, 5) is 11.5. The summed E-state index contributed by atoms with van der Waals surface area (Å²) in [6.45, 7) is 2.54. The van der Waals surface area contributed by atoms with E-state index in [1.54, 1.807) is 39.7 Å². The molecule has 2 heterocycles. The van der Waals surface area contributed by atoms with Gasteiger partial charge in [-0.05, 0) is 19.1 Å². The van der Waals surface area contributed by atoms with Crippen molar-refractivity contribution < 1.29 is 14.2 Å². The van der Waals surface area contributed by atoms with Crippen LogP contribution in [0.1, 0.15) is 6.92 Å². The van der Waals surface area contributed by atoms with E-state index in [-0.39, 0.29) is 0 Å². The summed E-state index contributed by atoms with van der Waals surface area (Å²) in [6, 6.07) is 11.2. The second-order valence-corrected chi connectivity index (χ2v) is 7.01. The number of aromatic amines is 1. The third-order valence-electron chi connectivity index (χ3n) is 4.94. The van der Waals surface area contributed by atoms with E-state index in [1.165, 1.54) is 0 Å². The number of anilines is 2. The molecule has 0 aliphatic heterocycles. The van der Waals surface area contributed by atoms with E-state index >= 15 is 0 Å². The van der Waals surface area contributed by atoms with Crippen LogP contribution < -0.4 is 19.1 Å². The van der Waals surface area contributed by atoms with E-state index < -0.39 is 0 Å². The largest absolute Gasteiger partial charge is 0.497 e. The van der Waals surface area contributed by atoms with Crippen LogP contribution in [0.5, 0.6) is 17.2 Å². The molecule has 0 saturated carbocycles. The third-order valence-corrected chi connectivity index (χ3v) is 5.22. The van der Waals surface area contributed by atoms with Crippen molar-refractivity contribution in [2.24, 2.45) is 0 Å². The molecule has 1 N–H and O–H groups in total. The Morgan fingerprint density at radius 3 is 2.48 bits per heavy atom. The lowest BCUT2D eigenvalue weighted by atomic mass is 10.1. The van der Waals surface area contributed by atoms with Gasteiger partial charge in [-0.25, -0.2) is 9.97 Å². The number of H-pyrrole nitrogens is 1. The molecule has 2 aromatic carbocycles. The van der Waals surface area contributed by atoms with Crippen LogP contribution in [0.15, 0.2) is 42.6 Å². The molecule has 4 aromatic rings. The van der Waals surface area contributed by atoms with Gasteiger partial charge in [0.15, 0.2) is 0 Å². The number of hydrogen-bond acceptors (Lipinski definition) is 7. The highest BCUT2D eigenvalue weighted by Gasteiger charge is 2.23. The van der Waals surface area contributed by atoms with Crippen LogP contribution in [0.2, 0.25) is 5.02 Å². The number of benzene rings is 2. The fourth-order valence-electron chi connectivity index (χ4n) is 3.47. The zero-order valence-corrected chi connectivity index (χ0v) is 18.4. The molecule has 0 unspecified atom stereocenters. The third kappa shape index (κ3) is 3.70. The Balaban J connectivity index is 1.94. The summed E-state index contributed by atoms with van der Waals surface area (Å²) in [5, 5.41) is 7.62. The molecule has 0 spiro atoms. The molecule has 160 valence electrons. The first-order valence-corrected chi connectivity index (χ1v) is 10.0. The van der Waals surface area contributed by atoms with Gasteiger partial charge in [-0.1, -0.05) is 23.7 Å². The molecule has 9 heteroatoms. The van der Waals surface area contributed by atoms with Crippen molar-refractivity contribution in [3.63, 3.8) is 0 Å². The maximum atomic E-state index is 6.62. The van der Waals surface area contributed by atoms with Gasteiger partial charge in [0.2, 0.25) is 5.95 Å². The highest BCUT2D eigenvalue weighted by Crippen LogP contribution is 2.43. The number of nitrogens with zero attached hydrogens (tertiary/aromatic N) is 4. The molecular formula is C22H22ClN5O3. The number of para-hydroxylation sites is 1. The van der Waals surface area contributed by atoms with Gasteiger partial charge >= 0.3 is 0 Å². The molecule has 2 aromatic heterocycles. The lowest BCUT2D eigenvalue weighted by Gasteiger charge is -2.25. The first-order chi connectivity index (χ1) is 15.1. The van der Waals surface area contributed by atoms with Crippen LogP contribution >= 0.6 is 11.6 Å². The van der Waals surface area contributed by atoms with E-state index in [1.807, 2.05) is 36.1 Å². The van der Waals surface area contributed by atoms with E-state index in [2.05, 4.69) is 10.2 Å². The second kappa shape index (κ2) is 8.69. The van der Waals surface area contributed by atoms with Crippen LogP contribution in [0.4, 0.5) is 11.6 Å². The van der Waals surface area contributed by atoms with Crippen molar-refractivity contribution in [2.45, 2.75) is 6.92 Å². The molecule has 0 aliphatic carbocycles. The predicted molar refractivity (Wildman–Crippen MR) is 121 cm³/mol. The summed E-state index contributed by atoms with van der Waals surface area (Å²) < 4.78 is 16.5. The Morgan fingerprint density at radius 2 is 1.77 bits per heavy atom. The highest BCUT2D eigenvalue weighted by molar-refractivity contribution is 6.34. The van der Waals surface area contributed by atoms with Crippen molar-refractivity contribution in [3.8, 4) is 28.5 Å². The van der Waals surface area contributed by atoms with E-state index in [9.17, 15) is 0 Å². The second-order valence-electron chi connectivity index (χ2n) is 6.61. The number of fused-ring (bicyclic) bond motifs is 1. The summed E-state index contributed by atoms with van der Waals surface area (Å²) in [7, 11) is 4.80. The average Bonchev–Trinajstić information content (AvgIpc) is 3.28. The SMILES string of the molecule is CCN(c1nc(-c2ccccc2OC)c2[nH]ncc2n1)c1c(Cl)cc(OC)cc1OC. The van der Waals surface area contributed by atoms with Gasteiger partial charge in [0.1, 0.15) is 39.7 Å². The monoisotopic (exact) mass is 439 g/mol. The van der Waals surface area contributed by atoms with Crippen LogP contribution in [-0.4, -0.2) is 48.0 Å². The molecule has 0 aliphatic rings. The zero-order valence-electron chi connectivity index (χ0n) is 17.6. The molecule has 0 fully saturated rings. The molecule has 0 bridgehead atoms. The fourth-order valence-corrected chi connectivity index (χ4v) is 3.77. The van der Waals surface area contributed by atoms with Gasteiger partial charge in [0.25, 0.3) is 0 Å². The Kier molecular flexibility index (Phi) is 5.81. The normalized spacial score (nSPS) is 10.9. The minimum Gasteiger partial charge on any atom is -0.497 e. The van der Waals surface area contributed by atoms with Crippen LogP contribution in [0.25, 0.3) is 22.3 Å². The number of ether oxygens (including phenoxy) is 3.